The van der Waals surface area contributed by atoms with E-state index < -0.39 is 18.0 Å². The number of ether oxygens (including phenoxy) is 3. The summed E-state index contributed by atoms with van der Waals surface area (Å²) in [6.45, 7) is 5.19. The lowest BCUT2D eigenvalue weighted by Gasteiger charge is -2.30. The number of hydrogen-bond donors (Lipinski definition) is 2. The van der Waals surface area contributed by atoms with Crippen LogP contribution < -0.4 is 20.1 Å². The number of hydrogen-bond acceptors (Lipinski definition) is 5. The van der Waals surface area contributed by atoms with Gasteiger partial charge in [0.25, 0.3) is 0 Å². The highest BCUT2D eigenvalue weighted by molar-refractivity contribution is 9.10. The molecule has 136 valence electrons. The molecule has 2 N–H and O–H groups in total. The topological polar surface area (TPSA) is 85.9 Å². The molecular formula is C17H21BrN2O5. The highest BCUT2D eigenvalue weighted by atomic mass is 79.9. The average Bonchev–Trinajstić information content (AvgIpc) is 2.52. The maximum absolute atomic E-state index is 12.6. The minimum atomic E-state index is -0.735. The van der Waals surface area contributed by atoms with E-state index in [1.165, 1.54) is 14.2 Å². The third kappa shape index (κ3) is 4.07. The molecule has 0 fully saturated rings. The monoisotopic (exact) mass is 412 g/mol. The second kappa shape index (κ2) is 7.77. The van der Waals surface area contributed by atoms with Gasteiger partial charge in [0.15, 0.2) is 11.5 Å². The Morgan fingerprint density at radius 3 is 2.48 bits per heavy atom. The molecule has 8 heteroatoms. The zero-order chi connectivity index (χ0) is 18.7. The maximum Gasteiger partial charge on any atom is 0.338 e. The lowest BCUT2D eigenvalue weighted by atomic mass is 9.94. The summed E-state index contributed by atoms with van der Waals surface area (Å²) in [5.41, 5.74) is 1.32. The van der Waals surface area contributed by atoms with Gasteiger partial charge in [-0.2, -0.15) is 0 Å². The number of urea groups is 1. The summed E-state index contributed by atoms with van der Waals surface area (Å²) in [5, 5.41) is 5.36. The largest absolute Gasteiger partial charge is 0.493 e. The minimum absolute atomic E-state index is 0.287. The van der Waals surface area contributed by atoms with Gasteiger partial charge in [0.1, 0.15) is 0 Å². The Balaban J connectivity index is 2.62. The summed E-state index contributed by atoms with van der Waals surface area (Å²) in [4.78, 5) is 24.6. The lowest BCUT2D eigenvalue weighted by Crippen LogP contribution is -2.45. The Morgan fingerprint density at radius 2 is 1.92 bits per heavy atom. The summed E-state index contributed by atoms with van der Waals surface area (Å²) in [6.07, 6.45) is -0.287. The fourth-order valence-electron chi connectivity index (χ4n) is 2.65. The van der Waals surface area contributed by atoms with Crippen LogP contribution in [0.2, 0.25) is 0 Å². The zero-order valence-electron chi connectivity index (χ0n) is 14.7. The van der Waals surface area contributed by atoms with Gasteiger partial charge < -0.3 is 24.8 Å². The van der Waals surface area contributed by atoms with Crippen LogP contribution in [0.15, 0.2) is 27.9 Å². The molecule has 1 heterocycles. The van der Waals surface area contributed by atoms with Crippen molar-refractivity contribution in [2.75, 3.05) is 14.2 Å². The Kier molecular flexibility index (Phi) is 5.94. The quantitative estimate of drug-likeness (QED) is 0.725. The molecule has 1 aromatic carbocycles. The lowest BCUT2D eigenvalue weighted by molar-refractivity contribution is -0.143. The number of amides is 2. The molecule has 0 saturated heterocycles. The van der Waals surface area contributed by atoms with Crippen molar-refractivity contribution < 1.29 is 23.8 Å². The third-order valence-electron chi connectivity index (χ3n) is 3.62. The predicted molar refractivity (Wildman–Crippen MR) is 95.6 cm³/mol. The number of esters is 1. The molecule has 0 spiro atoms. The molecule has 1 aliphatic rings. The van der Waals surface area contributed by atoms with Crippen molar-refractivity contribution >= 4 is 27.9 Å². The summed E-state index contributed by atoms with van der Waals surface area (Å²) in [7, 11) is 3.02. The molecular weight excluding hydrogens is 392 g/mol. The fraction of sp³-hybridized carbons (Fsp3) is 0.412. The van der Waals surface area contributed by atoms with E-state index in [-0.39, 0.29) is 6.10 Å². The van der Waals surface area contributed by atoms with E-state index >= 15 is 0 Å². The van der Waals surface area contributed by atoms with Crippen molar-refractivity contribution in [3.63, 3.8) is 0 Å². The molecule has 1 atom stereocenters. The van der Waals surface area contributed by atoms with Crippen LogP contribution in [0, 0.1) is 0 Å². The van der Waals surface area contributed by atoms with Gasteiger partial charge in [-0.25, -0.2) is 9.59 Å². The van der Waals surface area contributed by atoms with E-state index in [0.717, 1.165) is 4.47 Å². The molecule has 0 aliphatic carbocycles. The van der Waals surface area contributed by atoms with Gasteiger partial charge in [-0.15, -0.1) is 0 Å². The Hall–Kier alpha value is -2.22. The van der Waals surface area contributed by atoms with Crippen LogP contribution >= 0.6 is 15.9 Å². The van der Waals surface area contributed by atoms with Gasteiger partial charge in [-0.3, -0.25) is 0 Å². The van der Waals surface area contributed by atoms with Crippen LogP contribution in [-0.4, -0.2) is 32.3 Å². The molecule has 7 nitrogen and oxygen atoms in total. The molecule has 25 heavy (non-hydrogen) atoms. The molecule has 1 aromatic rings. The van der Waals surface area contributed by atoms with Gasteiger partial charge in [0, 0.05) is 15.7 Å². The minimum Gasteiger partial charge on any atom is -0.493 e. The molecule has 1 unspecified atom stereocenters. The molecule has 2 rings (SSSR count). The molecule has 0 saturated carbocycles. The smallest absolute Gasteiger partial charge is 0.338 e. The van der Waals surface area contributed by atoms with Gasteiger partial charge >= 0.3 is 12.0 Å². The first-order valence-corrected chi connectivity index (χ1v) is 8.48. The molecule has 0 bridgehead atoms. The summed E-state index contributed by atoms with van der Waals surface area (Å²) in [6, 6.07) is 2.37. The van der Waals surface area contributed by atoms with E-state index in [2.05, 4.69) is 26.6 Å². The molecule has 0 aromatic heterocycles. The van der Waals surface area contributed by atoms with Crippen LogP contribution in [0.4, 0.5) is 4.79 Å². The van der Waals surface area contributed by atoms with Crippen LogP contribution in [-0.2, 0) is 9.53 Å². The first kappa shape index (κ1) is 19.1. The van der Waals surface area contributed by atoms with Crippen molar-refractivity contribution in [1.29, 1.82) is 0 Å². The van der Waals surface area contributed by atoms with Crippen molar-refractivity contribution in [2.24, 2.45) is 0 Å². The van der Waals surface area contributed by atoms with E-state index in [1.807, 2.05) is 0 Å². The second-order valence-corrected chi connectivity index (χ2v) is 6.67. The van der Waals surface area contributed by atoms with E-state index in [0.29, 0.717) is 28.3 Å². The van der Waals surface area contributed by atoms with E-state index in [9.17, 15) is 9.59 Å². The Labute approximate surface area is 154 Å². The second-order valence-electron chi connectivity index (χ2n) is 5.75. The van der Waals surface area contributed by atoms with E-state index in [1.54, 1.807) is 32.9 Å². The number of carbonyl (C=O) groups is 2. The SMILES string of the molecule is COc1cc(Br)cc(C2NC(=O)NC(C)=C2C(=O)OC(C)C)c1OC. The Bertz CT molecular complexity index is 730. The number of allylic oxidation sites excluding steroid dienone is 1. The summed E-state index contributed by atoms with van der Waals surface area (Å²) < 4.78 is 16.9. The van der Waals surface area contributed by atoms with Gasteiger partial charge in [-0.05, 0) is 32.9 Å². The van der Waals surface area contributed by atoms with Gasteiger partial charge in [-0.1, -0.05) is 15.9 Å². The number of halogens is 1. The number of carbonyl (C=O) groups excluding carboxylic acids is 2. The number of benzene rings is 1. The van der Waals surface area contributed by atoms with Crippen LogP contribution in [0.1, 0.15) is 32.4 Å². The molecule has 1 aliphatic heterocycles. The van der Waals surface area contributed by atoms with E-state index in [4.69, 9.17) is 14.2 Å². The fourth-order valence-corrected chi connectivity index (χ4v) is 3.10. The Morgan fingerprint density at radius 1 is 1.24 bits per heavy atom. The highest BCUT2D eigenvalue weighted by Gasteiger charge is 2.35. The predicted octanol–water partition coefficient (Wildman–Crippen LogP) is 3.05. The normalized spacial score (nSPS) is 17.1. The number of methoxy groups -OCH3 is 2. The van der Waals surface area contributed by atoms with Gasteiger partial charge in [0.2, 0.25) is 0 Å². The number of nitrogens with one attached hydrogen (secondary N) is 2. The molecule has 0 radical (unpaired) electrons. The first-order valence-electron chi connectivity index (χ1n) is 7.69. The van der Waals surface area contributed by atoms with Crippen molar-refractivity contribution in [1.82, 2.24) is 10.6 Å². The standard InChI is InChI=1S/C17H21BrN2O5/c1-8(2)25-16(21)13-9(3)19-17(22)20-14(13)11-6-10(18)7-12(23-4)15(11)24-5/h6-8,14H,1-5H3,(H2,19,20,22). The maximum atomic E-state index is 12.6. The zero-order valence-corrected chi connectivity index (χ0v) is 16.3. The third-order valence-corrected chi connectivity index (χ3v) is 4.07. The van der Waals surface area contributed by atoms with Crippen molar-refractivity contribution in [3.8, 4) is 11.5 Å². The first-order chi connectivity index (χ1) is 11.8. The van der Waals surface area contributed by atoms with Crippen LogP contribution in [0.5, 0.6) is 11.5 Å². The van der Waals surface area contributed by atoms with Gasteiger partial charge in [0.05, 0.1) is 31.9 Å². The summed E-state index contributed by atoms with van der Waals surface area (Å²) >= 11 is 3.42. The average molecular weight is 413 g/mol. The number of rotatable bonds is 5. The summed E-state index contributed by atoms with van der Waals surface area (Å²) in [5.74, 6) is 0.403. The highest BCUT2D eigenvalue weighted by Crippen LogP contribution is 2.41. The van der Waals surface area contributed by atoms with Crippen LogP contribution in [0.3, 0.4) is 0 Å². The van der Waals surface area contributed by atoms with Crippen molar-refractivity contribution in [2.45, 2.75) is 32.9 Å². The molecule has 2 amide bonds. The van der Waals surface area contributed by atoms with Crippen molar-refractivity contribution in [3.05, 3.63) is 33.4 Å². The van der Waals surface area contributed by atoms with Crippen LogP contribution in [0.25, 0.3) is 0 Å².